The number of hydrogen-bond acceptors (Lipinski definition) is 7. The minimum absolute atomic E-state index is 0.0522. The van der Waals surface area contributed by atoms with Crippen molar-refractivity contribution in [2.75, 3.05) is 13.1 Å². The van der Waals surface area contributed by atoms with Crippen molar-refractivity contribution in [1.82, 2.24) is 9.29 Å². The molecule has 2 unspecified atom stereocenters. The van der Waals surface area contributed by atoms with Gasteiger partial charge in [-0.25, -0.2) is 8.42 Å². The number of esters is 2. The summed E-state index contributed by atoms with van der Waals surface area (Å²) in [5, 5.41) is 0. The molecule has 0 amide bonds. The molecule has 1 N–H and O–H groups in total. The lowest BCUT2D eigenvalue weighted by Crippen LogP contribution is -2.44. The van der Waals surface area contributed by atoms with Crippen LogP contribution in [-0.2, 0) is 24.3 Å². The fourth-order valence-corrected chi connectivity index (χ4v) is 5.58. The second kappa shape index (κ2) is 4.75. The monoisotopic (exact) mass is 332 g/mol. The van der Waals surface area contributed by atoms with Crippen LogP contribution in [0.15, 0.2) is 9.00 Å². The zero-order valence-corrected chi connectivity index (χ0v) is 12.6. The molecule has 0 spiro atoms. The number of piperidine rings is 1. The maximum Gasteiger partial charge on any atom is 0.318 e. The minimum Gasteiger partial charge on any atom is -0.393 e. The van der Waals surface area contributed by atoms with Crippen molar-refractivity contribution < 1.29 is 22.7 Å². The standard InChI is InChI=1S/C11H12N2O6S2/c1-5-10(20-11(16)12-5)21(17,18)13-3-2-6-7(4-13)9(15)19-8(6)14/h6-7H,2-4H2,1H3,(H,12,16). The fraction of sp³-hybridized carbons (Fsp3) is 0.545. The molecule has 2 atom stereocenters. The lowest BCUT2D eigenvalue weighted by atomic mass is 9.89. The Bertz CT molecular complexity index is 777. The zero-order valence-electron chi connectivity index (χ0n) is 11.0. The summed E-state index contributed by atoms with van der Waals surface area (Å²) < 4.78 is 30.7. The third-order valence-electron chi connectivity index (χ3n) is 3.74. The molecule has 1 aromatic heterocycles. The fourth-order valence-electron chi connectivity index (χ4n) is 2.67. The number of nitrogens with one attached hydrogen (secondary N) is 1. The number of nitrogens with zero attached hydrogens (tertiary/aromatic N) is 1. The van der Waals surface area contributed by atoms with Crippen molar-refractivity contribution in [2.45, 2.75) is 17.6 Å². The van der Waals surface area contributed by atoms with Crippen LogP contribution < -0.4 is 4.87 Å². The first kappa shape index (κ1) is 14.4. The maximum atomic E-state index is 12.5. The topological polar surface area (TPSA) is 114 Å². The number of ether oxygens (including phenoxy) is 1. The molecule has 10 heteroatoms. The van der Waals surface area contributed by atoms with Gasteiger partial charge in [-0.1, -0.05) is 11.3 Å². The van der Waals surface area contributed by atoms with E-state index in [4.69, 9.17) is 0 Å². The van der Waals surface area contributed by atoms with E-state index in [1.807, 2.05) is 0 Å². The Morgan fingerprint density at radius 3 is 2.52 bits per heavy atom. The number of H-pyrrole nitrogens is 1. The van der Waals surface area contributed by atoms with Crippen molar-refractivity contribution in [3.63, 3.8) is 0 Å². The minimum atomic E-state index is -3.85. The summed E-state index contributed by atoms with van der Waals surface area (Å²) in [4.78, 5) is 36.3. The third kappa shape index (κ3) is 2.23. The predicted octanol–water partition coefficient (Wildman–Crippen LogP) is -0.545. The molecule has 0 aromatic carbocycles. The molecule has 3 heterocycles. The highest BCUT2D eigenvalue weighted by atomic mass is 32.2. The summed E-state index contributed by atoms with van der Waals surface area (Å²) in [5.74, 6) is -2.57. The van der Waals surface area contributed by atoms with Crippen LogP contribution in [0.5, 0.6) is 0 Å². The molecule has 0 saturated carbocycles. The van der Waals surface area contributed by atoms with Crippen LogP contribution in [0.25, 0.3) is 0 Å². The van der Waals surface area contributed by atoms with Crippen LogP contribution >= 0.6 is 11.3 Å². The number of carbonyl (C=O) groups is 2. The van der Waals surface area contributed by atoms with Gasteiger partial charge in [-0.3, -0.25) is 14.4 Å². The van der Waals surface area contributed by atoms with Crippen LogP contribution in [0.2, 0.25) is 0 Å². The number of aromatic nitrogens is 1. The zero-order chi connectivity index (χ0) is 15.4. The van der Waals surface area contributed by atoms with E-state index in [-0.39, 0.29) is 29.4 Å². The van der Waals surface area contributed by atoms with Gasteiger partial charge >= 0.3 is 16.8 Å². The summed E-state index contributed by atoms with van der Waals surface area (Å²) in [5.41, 5.74) is 0.275. The first-order valence-electron chi connectivity index (χ1n) is 6.26. The van der Waals surface area contributed by atoms with Crippen molar-refractivity contribution in [3.05, 3.63) is 15.4 Å². The molecular weight excluding hydrogens is 320 g/mol. The average Bonchev–Trinajstić information content (AvgIpc) is 2.90. The van der Waals surface area contributed by atoms with E-state index in [9.17, 15) is 22.8 Å². The van der Waals surface area contributed by atoms with Gasteiger partial charge in [-0.15, -0.1) is 0 Å². The van der Waals surface area contributed by atoms with Gasteiger partial charge in [0, 0.05) is 18.8 Å². The number of cyclic esters (lactones) is 2. The Balaban J connectivity index is 1.91. The molecule has 2 aliphatic rings. The number of hydrogen-bond donors (Lipinski definition) is 1. The number of rotatable bonds is 2. The van der Waals surface area contributed by atoms with Crippen LogP contribution in [0.4, 0.5) is 0 Å². The Labute approximate surface area is 123 Å². The molecule has 8 nitrogen and oxygen atoms in total. The third-order valence-corrected chi connectivity index (χ3v) is 7.18. The summed E-state index contributed by atoms with van der Waals surface area (Å²) in [6, 6.07) is 0. The van der Waals surface area contributed by atoms with Crippen molar-refractivity contribution in [3.8, 4) is 0 Å². The summed E-state index contributed by atoms with van der Waals surface area (Å²) in [7, 11) is -3.85. The number of aromatic amines is 1. The highest BCUT2D eigenvalue weighted by molar-refractivity contribution is 7.91. The van der Waals surface area contributed by atoms with Crippen molar-refractivity contribution in [1.29, 1.82) is 0 Å². The average molecular weight is 332 g/mol. The second-order valence-corrected chi connectivity index (χ2v) is 8.15. The lowest BCUT2D eigenvalue weighted by molar-refractivity contribution is -0.153. The molecule has 2 saturated heterocycles. The van der Waals surface area contributed by atoms with E-state index in [1.165, 1.54) is 6.92 Å². The summed E-state index contributed by atoms with van der Waals surface area (Å²) >= 11 is 0.618. The van der Waals surface area contributed by atoms with Crippen LogP contribution in [0.1, 0.15) is 12.1 Å². The van der Waals surface area contributed by atoms with E-state index in [0.717, 1.165) is 4.31 Å². The van der Waals surface area contributed by atoms with Gasteiger partial charge in [0.05, 0.1) is 11.8 Å². The molecule has 114 valence electrons. The van der Waals surface area contributed by atoms with Gasteiger partial charge in [0.25, 0.3) is 10.0 Å². The van der Waals surface area contributed by atoms with E-state index in [1.54, 1.807) is 0 Å². The number of aryl methyl sites for hydroxylation is 1. The predicted molar refractivity (Wildman–Crippen MR) is 71.1 cm³/mol. The number of fused-ring (bicyclic) bond motifs is 1. The van der Waals surface area contributed by atoms with E-state index in [2.05, 4.69) is 9.72 Å². The number of thiazole rings is 1. The SMILES string of the molecule is Cc1[nH]c(=O)sc1S(=O)(=O)N1CCC2C(=O)OC(=O)C2C1. The highest BCUT2D eigenvalue weighted by Gasteiger charge is 2.49. The Morgan fingerprint density at radius 2 is 1.90 bits per heavy atom. The van der Waals surface area contributed by atoms with Crippen molar-refractivity contribution >= 4 is 33.3 Å². The van der Waals surface area contributed by atoms with E-state index >= 15 is 0 Å². The Morgan fingerprint density at radius 1 is 1.24 bits per heavy atom. The largest absolute Gasteiger partial charge is 0.393 e. The van der Waals surface area contributed by atoms with Crippen molar-refractivity contribution in [2.24, 2.45) is 11.8 Å². The molecule has 0 bridgehead atoms. The number of sulfonamides is 1. The Kier molecular flexibility index (Phi) is 3.26. The molecule has 21 heavy (non-hydrogen) atoms. The number of carbonyl (C=O) groups excluding carboxylic acids is 2. The van der Waals surface area contributed by atoms with Gasteiger partial charge in [-0.2, -0.15) is 4.31 Å². The van der Waals surface area contributed by atoms with Gasteiger partial charge in [0.2, 0.25) is 0 Å². The van der Waals surface area contributed by atoms with Crippen LogP contribution in [0, 0.1) is 18.8 Å². The van der Waals surface area contributed by atoms with Gasteiger partial charge in [0.1, 0.15) is 0 Å². The molecule has 1 aromatic rings. The van der Waals surface area contributed by atoms with Gasteiger partial charge < -0.3 is 9.72 Å². The molecule has 2 aliphatic heterocycles. The summed E-state index contributed by atoms with van der Waals surface area (Å²) in [6.07, 6.45) is 0.243. The first-order chi connectivity index (χ1) is 9.80. The normalized spacial score (nSPS) is 26.7. The highest BCUT2D eigenvalue weighted by Crippen LogP contribution is 2.34. The van der Waals surface area contributed by atoms with Crippen LogP contribution in [0.3, 0.4) is 0 Å². The first-order valence-corrected chi connectivity index (χ1v) is 8.52. The second-order valence-electron chi connectivity index (χ2n) is 5.03. The summed E-state index contributed by atoms with van der Waals surface area (Å²) in [6.45, 7) is 1.53. The molecule has 0 radical (unpaired) electrons. The lowest BCUT2D eigenvalue weighted by Gasteiger charge is -2.30. The molecule has 3 rings (SSSR count). The Hall–Kier alpha value is -1.52. The van der Waals surface area contributed by atoms with Gasteiger partial charge in [0.15, 0.2) is 4.21 Å². The van der Waals surface area contributed by atoms with E-state index in [0.29, 0.717) is 11.3 Å². The maximum absolute atomic E-state index is 12.5. The van der Waals surface area contributed by atoms with Crippen LogP contribution in [-0.4, -0.2) is 42.7 Å². The molecular formula is C11H12N2O6S2. The smallest absolute Gasteiger partial charge is 0.318 e. The van der Waals surface area contributed by atoms with E-state index < -0.39 is 38.7 Å². The molecule has 2 fully saturated rings. The van der Waals surface area contributed by atoms with Gasteiger partial charge in [-0.05, 0) is 13.3 Å². The quantitative estimate of drug-likeness (QED) is 0.574. The molecule has 0 aliphatic carbocycles.